The summed E-state index contributed by atoms with van der Waals surface area (Å²) in [5, 5.41) is 7.58. The highest BCUT2D eigenvalue weighted by atomic mass is 16.5. The predicted octanol–water partition coefficient (Wildman–Crippen LogP) is 2.24. The number of hydrogen-bond donors (Lipinski definition) is 1. The quantitative estimate of drug-likeness (QED) is 0.895. The third-order valence-electron chi connectivity index (χ3n) is 3.42. The van der Waals surface area contributed by atoms with Crippen LogP contribution in [0.1, 0.15) is 22.9 Å². The van der Waals surface area contributed by atoms with Crippen molar-refractivity contribution in [2.24, 2.45) is 7.05 Å². The molecule has 0 amide bonds. The molecule has 2 aromatic rings. The lowest BCUT2D eigenvalue weighted by Gasteiger charge is -2.18. The number of ether oxygens (including phenoxy) is 1. The molecule has 0 aliphatic heterocycles. The van der Waals surface area contributed by atoms with Gasteiger partial charge in [-0.25, -0.2) is 0 Å². The van der Waals surface area contributed by atoms with Gasteiger partial charge in [0.2, 0.25) is 0 Å². The molecule has 1 heterocycles. The second-order valence-corrected chi connectivity index (χ2v) is 4.74. The molecule has 19 heavy (non-hydrogen) atoms. The Balaban J connectivity index is 2.28. The molecule has 0 aliphatic rings. The SMILES string of the molecule is CNC(Cc1cc(C)ccc1OC)c1ccnn1C. The molecular weight excluding hydrogens is 238 g/mol. The molecule has 0 saturated heterocycles. The van der Waals surface area contributed by atoms with E-state index in [-0.39, 0.29) is 6.04 Å². The normalized spacial score (nSPS) is 12.4. The van der Waals surface area contributed by atoms with Gasteiger partial charge in [0.05, 0.1) is 18.8 Å². The molecule has 2 rings (SSSR count). The number of nitrogens with one attached hydrogen (secondary N) is 1. The van der Waals surface area contributed by atoms with E-state index in [2.05, 4.69) is 29.5 Å². The number of rotatable bonds is 5. The third-order valence-corrected chi connectivity index (χ3v) is 3.42. The molecule has 1 N–H and O–H groups in total. The molecule has 1 unspecified atom stereocenters. The summed E-state index contributed by atoms with van der Waals surface area (Å²) in [5.74, 6) is 0.938. The summed E-state index contributed by atoms with van der Waals surface area (Å²) < 4.78 is 7.35. The van der Waals surface area contributed by atoms with E-state index in [4.69, 9.17) is 4.74 Å². The predicted molar refractivity (Wildman–Crippen MR) is 76.4 cm³/mol. The van der Waals surface area contributed by atoms with Gasteiger partial charge in [-0.2, -0.15) is 5.10 Å². The number of aryl methyl sites for hydroxylation is 2. The van der Waals surface area contributed by atoms with Crippen molar-refractivity contribution in [3.05, 3.63) is 47.3 Å². The molecule has 1 atom stereocenters. The number of nitrogens with zero attached hydrogens (tertiary/aromatic N) is 2. The van der Waals surface area contributed by atoms with Crippen molar-refractivity contribution in [3.8, 4) is 5.75 Å². The van der Waals surface area contributed by atoms with E-state index < -0.39 is 0 Å². The second kappa shape index (κ2) is 5.89. The van der Waals surface area contributed by atoms with E-state index in [0.29, 0.717) is 0 Å². The summed E-state index contributed by atoms with van der Waals surface area (Å²) in [6.07, 6.45) is 2.70. The van der Waals surface area contributed by atoms with Crippen LogP contribution in [0.4, 0.5) is 0 Å². The molecule has 0 saturated carbocycles. The van der Waals surface area contributed by atoms with E-state index >= 15 is 0 Å². The highest BCUT2D eigenvalue weighted by molar-refractivity contribution is 5.38. The van der Waals surface area contributed by atoms with Gasteiger partial charge in [-0.3, -0.25) is 4.68 Å². The molecule has 4 nitrogen and oxygen atoms in total. The van der Waals surface area contributed by atoms with E-state index in [0.717, 1.165) is 12.2 Å². The monoisotopic (exact) mass is 259 g/mol. The summed E-state index contributed by atoms with van der Waals surface area (Å²) in [6.45, 7) is 2.10. The fraction of sp³-hybridized carbons (Fsp3) is 0.400. The summed E-state index contributed by atoms with van der Waals surface area (Å²) in [4.78, 5) is 0. The number of likely N-dealkylation sites (N-methyl/N-ethyl adjacent to an activating group) is 1. The molecule has 0 fully saturated rings. The van der Waals surface area contributed by atoms with Gasteiger partial charge in [-0.05, 0) is 38.1 Å². The Morgan fingerprint density at radius 3 is 2.74 bits per heavy atom. The Hall–Kier alpha value is -1.81. The Bertz CT molecular complexity index is 548. The minimum Gasteiger partial charge on any atom is -0.496 e. The fourth-order valence-electron chi connectivity index (χ4n) is 2.37. The number of methoxy groups -OCH3 is 1. The Kier molecular flexibility index (Phi) is 4.22. The largest absolute Gasteiger partial charge is 0.496 e. The maximum atomic E-state index is 5.44. The molecule has 102 valence electrons. The maximum absolute atomic E-state index is 5.44. The van der Waals surface area contributed by atoms with Crippen LogP contribution in [-0.4, -0.2) is 23.9 Å². The zero-order chi connectivity index (χ0) is 13.8. The summed E-state index contributed by atoms with van der Waals surface area (Å²) in [6, 6.07) is 8.55. The lowest BCUT2D eigenvalue weighted by atomic mass is 10.0. The molecule has 4 heteroatoms. The van der Waals surface area contributed by atoms with Crippen molar-refractivity contribution < 1.29 is 4.74 Å². The standard InChI is InChI=1S/C15H21N3O/c1-11-5-6-15(19-4)12(9-11)10-13(16-2)14-7-8-17-18(14)3/h5-9,13,16H,10H2,1-4H3. The molecule has 0 bridgehead atoms. The van der Waals surface area contributed by atoms with Crippen LogP contribution in [0.25, 0.3) is 0 Å². The van der Waals surface area contributed by atoms with Gasteiger partial charge in [0.15, 0.2) is 0 Å². The second-order valence-electron chi connectivity index (χ2n) is 4.74. The van der Waals surface area contributed by atoms with Crippen molar-refractivity contribution in [2.75, 3.05) is 14.2 Å². The van der Waals surface area contributed by atoms with Crippen LogP contribution in [0.3, 0.4) is 0 Å². The molecule has 0 aliphatic carbocycles. The lowest BCUT2D eigenvalue weighted by Crippen LogP contribution is -2.22. The highest BCUT2D eigenvalue weighted by Crippen LogP contribution is 2.25. The minimum atomic E-state index is 0.225. The molecule has 0 radical (unpaired) electrons. The smallest absolute Gasteiger partial charge is 0.122 e. The van der Waals surface area contributed by atoms with Gasteiger partial charge in [0, 0.05) is 13.2 Å². The van der Waals surface area contributed by atoms with Crippen molar-refractivity contribution in [2.45, 2.75) is 19.4 Å². The van der Waals surface area contributed by atoms with Gasteiger partial charge < -0.3 is 10.1 Å². The minimum absolute atomic E-state index is 0.225. The first-order valence-electron chi connectivity index (χ1n) is 6.44. The van der Waals surface area contributed by atoms with Gasteiger partial charge in [-0.1, -0.05) is 17.7 Å². The van der Waals surface area contributed by atoms with Crippen molar-refractivity contribution in [1.29, 1.82) is 0 Å². The third kappa shape index (κ3) is 2.96. The van der Waals surface area contributed by atoms with Crippen LogP contribution >= 0.6 is 0 Å². The fourth-order valence-corrected chi connectivity index (χ4v) is 2.37. The van der Waals surface area contributed by atoms with Crippen LogP contribution in [0, 0.1) is 6.92 Å². The van der Waals surface area contributed by atoms with Crippen molar-refractivity contribution in [3.63, 3.8) is 0 Å². The molecule has 0 spiro atoms. The average Bonchev–Trinajstić information content (AvgIpc) is 2.82. The summed E-state index contributed by atoms with van der Waals surface area (Å²) in [7, 11) is 5.65. The van der Waals surface area contributed by atoms with Crippen LogP contribution in [0.5, 0.6) is 5.75 Å². The Morgan fingerprint density at radius 1 is 1.37 bits per heavy atom. The first-order chi connectivity index (χ1) is 9.15. The highest BCUT2D eigenvalue weighted by Gasteiger charge is 2.16. The van der Waals surface area contributed by atoms with Crippen LogP contribution in [0.2, 0.25) is 0 Å². The van der Waals surface area contributed by atoms with Gasteiger partial charge in [-0.15, -0.1) is 0 Å². The number of hydrogen-bond acceptors (Lipinski definition) is 3. The Labute approximate surface area is 114 Å². The molecule has 1 aromatic carbocycles. The van der Waals surface area contributed by atoms with E-state index in [1.165, 1.54) is 16.8 Å². The number of aromatic nitrogens is 2. The topological polar surface area (TPSA) is 39.1 Å². The van der Waals surface area contributed by atoms with Crippen LogP contribution < -0.4 is 10.1 Å². The average molecular weight is 259 g/mol. The van der Waals surface area contributed by atoms with Crippen molar-refractivity contribution in [1.82, 2.24) is 15.1 Å². The molecule has 1 aromatic heterocycles. The maximum Gasteiger partial charge on any atom is 0.122 e. The Morgan fingerprint density at radius 2 is 2.16 bits per heavy atom. The first-order valence-corrected chi connectivity index (χ1v) is 6.44. The van der Waals surface area contributed by atoms with E-state index in [1.54, 1.807) is 7.11 Å². The van der Waals surface area contributed by atoms with Gasteiger partial charge in [0.25, 0.3) is 0 Å². The van der Waals surface area contributed by atoms with Gasteiger partial charge >= 0.3 is 0 Å². The van der Waals surface area contributed by atoms with Crippen LogP contribution in [-0.2, 0) is 13.5 Å². The number of benzene rings is 1. The van der Waals surface area contributed by atoms with Gasteiger partial charge in [0.1, 0.15) is 5.75 Å². The summed E-state index contributed by atoms with van der Waals surface area (Å²) in [5.41, 5.74) is 3.63. The van der Waals surface area contributed by atoms with E-state index in [9.17, 15) is 0 Å². The zero-order valence-corrected chi connectivity index (χ0v) is 12.0. The first kappa shape index (κ1) is 13.6. The van der Waals surface area contributed by atoms with Crippen molar-refractivity contribution >= 4 is 0 Å². The molecular formula is C15H21N3O. The zero-order valence-electron chi connectivity index (χ0n) is 12.0. The summed E-state index contributed by atoms with van der Waals surface area (Å²) >= 11 is 0. The lowest BCUT2D eigenvalue weighted by molar-refractivity contribution is 0.405. The van der Waals surface area contributed by atoms with Crippen LogP contribution in [0.15, 0.2) is 30.5 Å². The van der Waals surface area contributed by atoms with E-state index in [1.807, 2.05) is 37.1 Å².